The van der Waals surface area contributed by atoms with Gasteiger partial charge in [0.1, 0.15) is 0 Å². The predicted octanol–water partition coefficient (Wildman–Crippen LogP) is 2.88. The van der Waals surface area contributed by atoms with Gasteiger partial charge in [-0.1, -0.05) is 23.5 Å². The van der Waals surface area contributed by atoms with E-state index in [-0.39, 0.29) is 6.10 Å². The van der Waals surface area contributed by atoms with Crippen LogP contribution in [0.5, 0.6) is 0 Å². The van der Waals surface area contributed by atoms with Crippen molar-refractivity contribution in [2.45, 2.75) is 31.9 Å². The van der Waals surface area contributed by atoms with Crippen molar-refractivity contribution < 1.29 is 4.74 Å². The summed E-state index contributed by atoms with van der Waals surface area (Å²) >= 11 is 1.73. The Balaban J connectivity index is 1.40. The van der Waals surface area contributed by atoms with E-state index >= 15 is 0 Å². The number of rotatable bonds is 3. The van der Waals surface area contributed by atoms with Gasteiger partial charge in [-0.3, -0.25) is 4.90 Å². The third-order valence-corrected chi connectivity index (χ3v) is 5.54. The molecule has 3 heterocycles. The topological polar surface area (TPSA) is 37.4 Å². The number of benzene rings is 1. The van der Waals surface area contributed by atoms with Gasteiger partial charge in [0, 0.05) is 19.1 Å². The molecule has 1 aromatic heterocycles. The van der Waals surface area contributed by atoms with Crippen molar-refractivity contribution in [2.24, 2.45) is 0 Å². The maximum Gasteiger partial charge on any atom is 0.183 e. The number of nitrogens with zero attached hydrogens (tertiary/aromatic N) is 2. The first-order valence-corrected chi connectivity index (χ1v) is 8.57. The molecule has 2 unspecified atom stereocenters. The summed E-state index contributed by atoms with van der Waals surface area (Å²) in [6.45, 7) is 6.16. The fourth-order valence-corrected chi connectivity index (χ4v) is 4.32. The average molecular weight is 303 g/mol. The maximum absolute atomic E-state index is 5.98. The minimum Gasteiger partial charge on any atom is -0.373 e. The number of aromatic nitrogens is 1. The number of thiazole rings is 1. The molecule has 2 saturated heterocycles. The van der Waals surface area contributed by atoms with Crippen LogP contribution in [0.25, 0.3) is 10.2 Å². The Labute approximate surface area is 129 Å². The van der Waals surface area contributed by atoms with Crippen LogP contribution in [0.3, 0.4) is 0 Å². The number of ether oxygens (including phenoxy) is 1. The molecule has 2 fully saturated rings. The van der Waals surface area contributed by atoms with Crippen molar-refractivity contribution in [3.05, 3.63) is 23.8 Å². The Bertz CT molecular complexity index is 641. The molecule has 1 aromatic carbocycles. The molecule has 0 radical (unpaired) electrons. The predicted molar refractivity (Wildman–Crippen MR) is 87.2 cm³/mol. The second-order valence-electron chi connectivity index (χ2n) is 6.07. The van der Waals surface area contributed by atoms with Crippen LogP contribution in [0.1, 0.15) is 18.4 Å². The smallest absolute Gasteiger partial charge is 0.183 e. The molecule has 4 rings (SSSR count). The number of anilines is 1. The quantitative estimate of drug-likeness (QED) is 0.946. The lowest BCUT2D eigenvalue weighted by Crippen LogP contribution is -2.48. The Hall–Kier alpha value is -1.17. The SMILES string of the molecule is Cc1cccc2sc(NCC3CN4CCCC4CO3)nc12. The zero-order valence-electron chi connectivity index (χ0n) is 12.3. The highest BCUT2D eigenvalue weighted by atomic mass is 32.1. The number of nitrogens with one attached hydrogen (secondary N) is 1. The lowest BCUT2D eigenvalue weighted by Gasteiger charge is -2.35. The summed E-state index contributed by atoms with van der Waals surface area (Å²) in [6, 6.07) is 7.02. The van der Waals surface area contributed by atoms with Gasteiger partial charge in [-0.2, -0.15) is 0 Å². The van der Waals surface area contributed by atoms with Gasteiger partial charge < -0.3 is 10.1 Å². The molecule has 21 heavy (non-hydrogen) atoms. The second-order valence-corrected chi connectivity index (χ2v) is 7.10. The average Bonchev–Trinajstić information content (AvgIpc) is 3.11. The van der Waals surface area contributed by atoms with Crippen molar-refractivity contribution >= 4 is 26.7 Å². The molecule has 2 aliphatic heterocycles. The first kappa shape index (κ1) is 13.5. The molecular formula is C16H21N3OS. The highest BCUT2D eigenvalue weighted by Gasteiger charge is 2.32. The molecule has 0 saturated carbocycles. The number of hydrogen-bond donors (Lipinski definition) is 1. The summed E-state index contributed by atoms with van der Waals surface area (Å²) in [6.07, 6.45) is 2.91. The normalized spacial score (nSPS) is 26.1. The van der Waals surface area contributed by atoms with Gasteiger partial charge in [0.25, 0.3) is 0 Å². The van der Waals surface area contributed by atoms with E-state index in [1.54, 1.807) is 11.3 Å². The Kier molecular flexibility index (Phi) is 3.57. The van der Waals surface area contributed by atoms with Crippen LogP contribution in [0, 0.1) is 6.92 Å². The van der Waals surface area contributed by atoms with E-state index in [0.29, 0.717) is 6.04 Å². The number of morpholine rings is 1. The van der Waals surface area contributed by atoms with Gasteiger partial charge in [0.2, 0.25) is 0 Å². The van der Waals surface area contributed by atoms with Crippen LogP contribution in [0.2, 0.25) is 0 Å². The zero-order valence-corrected chi connectivity index (χ0v) is 13.2. The largest absolute Gasteiger partial charge is 0.373 e. The van der Waals surface area contributed by atoms with Crippen LogP contribution in [-0.4, -0.2) is 48.3 Å². The van der Waals surface area contributed by atoms with Gasteiger partial charge >= 0.3 is 0 Å². The lowest BCUT2D eigenvalue weighted by molar-refractivity contribution is -0.0415. The summed E-state index contributed by atoms with van der Waals surface area (Å²) in [4.78, 5) is 7.28. The van der Waals surface area contributed by atoms with Gasteiger partial charge in [0.05, 0.1) is 22.9 Å². The number of aryl methyl sites for hydroxylation is 1. The number of fused-ring (bicyclic) bond motifs is 2. The van der Waals surface area contributed by atoms with Crippen LogP contribution >= 0.6 is 11.3 Å². The van der Waals surface area contributed by atoms with Gasteiger partial charge in [-0.25, -0.2) is 4.98 Å². The molecule has 0 amide bonds. The van der Waals surface area contributed by atoms with Crippen molar-refractivity contribution in [1.82, 2.24) is 9.88 Å². The van der Waals surface area contributed by atoms with E-state index in [9.17, 15) is 0 Å². The number of hydrogen-bond acceptors (Lipinski definition) is 5. The highest BCUT2D eigenvalue weighted by molar-refractivity contribution is 7.22. The van der Waals surface area contributed by atoms with Crippen LogP contribution in [0.15, 0.2) is 18.2 Å². The van der Waals surface area contributed by atoms with Crippen molar-refractivity contribution in [1.29, 1.82) is 0 Å². The molecule has 5 heteroatoms. The molecule has 0 aliphatic carbocycles. The minimum absolute atomic E-state index is 0.285. The van der Waals surface area contributed by atoms with E-state index < -0.39 is 0 Å². The molecule has 112 valence electrons. The van der Waals surface area contributed by atoms with E-state index in [0.717, 1.165) is 30.3 Å². The Morgan fingerprint density at radius 2 is 2.43 bits per heavy atom. The van der Waals surface area contributed by atoms with Crippen molar-refractivity contribution in [3.8, 4) is 0 Å². The molecule has 0 bridgehead atoms. The highest BCUT2D eigenvalue weighted by Crippen LogP contribution is 2.28. The second kappa shape index (κ2) is 5.55. The fourth-order valence-electron chi connectivity index (χ4n) is 3.37. The van der Waals surface area contributed by atoms with Gasteiger partial charge in [-0.05, 0) is 37.9 Å². The summed E-state index contributed by atoms with van der Waals surface area (Å²) in [7, 11) is 0. The van der Waals surface area contributed by atoms with Crippen molar-refractivity contribution in [2.75, 3.05) is 31.6 Å². The van der Waals surface area contributed by atoms with Crippen LogP contribution < -0.4 is 5.32 Å². The van der Waals surface area contributed by atoms with E-state index in [4.69, 9.17) is 9.72 Å². The molecule has 0 spiro atoms. The molecule has 2 atom stereocenters. The van der Waals surface area contributed by atoms with Crippen molar-refractivity contribution in [3.63, 3.8) is 0 Å². The summed E-state index contributed by atoms with van der Waals surface area (Å²) in [5, 5.41) is 4.47. The third kappa shape index (κ3) is 2.65. The molecule has 2 aromatic rings. The monoisotopic (exact) mass is 303 g/mol. The first-order chi connectivity index (χ1) is 10.3. The third-order valence-electron chi connectivity index (χ3n) is 4.56. The lowest BCUT2D eigenvalue weighted by atomic mass is 10.2. The summed E-state index contributed by atoms with van der Waals surface area (Å²) < 4.78 is 7.24. The van der Waals surface area contributed by atoms with E-state index in [2.05, 4.69) is 35.3 Å². The fraction of sp³-hybridized carbons (Fsp3) is 0.562. The van der Waals surface area contributed by atoms with E-state index in [1.807, 2.05) is 0 Å². The van der Waals surface area contributed by atoms with E-state index in [1.165, 1.54) is 29.6 Å². The summed E-state index contributed by atoms with van der Waals surface area (Å²) in [5.74, 6) is 0. The Morgan fingerprint density at radius 3 is 3.33 bits per heavy atom. The van der Waals surface area contributed by atoms with Crippen LogP contribution in [-0.2, 0) is 4.74 Å². The van der Waals surface area contributed by atoms with Crippen LogP contribution in [0.4, 0.5) is 5.13 Å². The molecule has 1 N–H and O–H groups in total. The minimum atomic E-state index is 0.285. The van der Waals surface area contributed by atoms with Gasteiger partial charge in [-0.15, -0.1) is 0 Å². The standard InChI is InChI=1S/C16H21N3OS/c1-11-4-2-6-14-15(11)18-16(21-14)17-8-13-9-19-7-3-5-12(19)10-20-13/h2,4,6,12-13H,3,5,7-10H2,1H3,(H,17,18). The first-order valence-electron chi connectivity index (χ1n) is 7.75. The zero-order chi connectivity index (χ0) is 14.2. The molecular weight excluding hydrogens is 282 g/mol. The number of para-hydroxylation sites is 1. The molecule has 4 nitrogen and oxygen atoms in total. The molecule has 2 aliphatic rings. The van der Waals surface area contributed by atoms with Gasteiger partial charge in [0.15, 0.2) is 5.13 Å². The summed E-state index contributed by atoms with van der Waals surface area (Å²) in [5.41, 5.74) is 2.36. The Morgan fingerprint density at radius 1 is 1.48 bits per heavy atom. The maximum atomic E-state index is 5.98.